The summed E-state index contributed by atoms with van der Waals surface area (Å²) in [6, 6.07) is -0.279. The van der Waals surface area contributed by atoms with Crippen molar-refractivity contribution in [1.29, 1.82) is 0 Å². The summed E-state index contributed by atoms with van der Waals surface area (Å²) in [6.07, 6.45) is -3.34. The zero-order valence-electron chi connectivity index (χ0n) is 16.7. The lowest BCUT2D eigenvalue weighted by molar-refractivity contribution is -0.158. The van der Waals surface area contributed by atoms with Gasteiger partial charge in [-0.2, -0.15) is 18.3 Å². The zero-order valence-corrected chi connectivity index (χ0v) is 16.7. The predicted octanol–water partition coefficient (Wildman–Crippen LogP) is 3.09. The van der Waals surface area contributed by atoms with Crippen LogP contribution in [0.4, 0.5) is 23.8 Å². The summed E-state index contributed by atoms with van der Waals surface area (Å²) >= 11 is 0. The highest BCUT2D eigenvalue weighted by Gasteiger charge is 2.50. The second-order valence-electron chi connectivity index (χ2n) is 8.16. The number of ether oxygens (including phenoxy) is 1. The molecule has 0 spiro atoms. The van der Waals surface area contributed by atoms with Crippen molar-refractivity contribution in [2.45, 2.75) is 51.9 Å². The van der Waals surface area contributed by atoms with Gasteiger partial charge in [-0.15, -0.1) is 0 Å². The lowest BCUT2D eigenvalue weighted by Gasteiger charge is -2.21. The molecule has 1 N–H and O–H groups in total. The Morgan fingerprint density at radius 1 is 1.33 bits per heavy atom. The van der Waals surface area contributed by atoms with E-state index in [1.165, 1.54) is 15.6 Å². The van der Waals surface area contributed by atoms with Gasteiger partial charge in [-0.3, -0.25) is 9.69 Å². The Labute approximate surface area is 170 Å². The van der Waals surface area contributed by atoms with Gasteiger partial charge in [0.15, 0.2) is 5.65 Å². The fraction of sp³-hybridized carbons (Fsp3) is 0.579. The van der Waals surface area contributed by atoms with Crippen molar-refractivity contribution < 1.29 is 27.5 Å². The molecule has 3 heterocycles. The van der Waals surface area contributed by atoms with E-state index in [1.54, 1.807) is 13.0 Å². The van der Waals surface area contributed by atoms with Crippen LogP contribution in [0.2, 0.25) is 0 Å². The van der Waals surface area contributed by atoms with Gasteiger partial charge in [-0.1, -0.05) is 13.8 Å². The highest BCUT2D eigenvalue weighted by molar-refractivity contribution is 6.00. The molecule has 2 amide bonds. The molecule has 2 aromatic heterocycles. The second kappa shape index (κ2) is 7.13. The number of rotatable bonds is 5. The highest BCUT2D eigenvalue weighted by Crippen LogP contribution is 2.40. The monoisotopic (exact) mass is 425 g/mol. The van der Waals surface area contributed by atoms with Gasteiger partial charge < -0.3 is 10.1 Å². The summed E-state index contributed by atoms with van der Waals surface area (Å²) in [4.78, 5) is 30.6. The van der Waals surface area contributed by atoms with E-state index in [0.29, 0.717) is 25.1 Å². The summed E-state index contributed by atoms with van der Waals surface area (Å²) in [5.74, 6) is -1.13. The number of fused-ring (bicyclic) bond motifs is 1. The molecule has 162 valence electrons. The number of nitrogens with one attached hydrogen (secondary N) is 1. The van der Waals surface area contributed by atoms with E-state index in [-0.39, 0.29) is 29.1 Å². The third-order valence-electron chi connectivity index (χ3n) is 5.47. The van der Waals surface area contributed by atoms with Crippen LogP contribution < -0.4 is 10.2 Å². The largest absolute Gasteiger partial charge is 0.444 e. The molecule has 2 atom stereocenters. The van der Waals surface area contributed by atoms with Gasteiger partial charge in [0.25, 0.3) is 5.91 Å². The van der Waals surface area contributed by atoms with E-state index in [4.69, 9.17) is 4.74 Å². The number of carbonyl (C=O) groups excluding carboxylic acids is 2. The molecule has 0 bridgehead atoms. The Morgan fingerprint density at radius 2 is 2.03 bits per heavy atom. The highest BCUT2D eigenvalue weighted by atomic mass is 19.4. The van der Waals surface area contributed by atoms with Crippen molar-refractivity contribution in [2.24, 2.45) is 11.8 Å². The number of halogens is 3. The summed E-state index contributed by atoms with van der Waals surface area (Å²) in [6.45, 7) is 5.86. The van der Waals surface area contributed by atoms with Crippen LogP contribution in [-0.4, -0.2) is 51.5 Å². The van der Waals surface area contributed by atoms with Gasteiger partial charge in [0.2, 0.25) is 0 Å². The molecule has 1 saturated carbocycles. The third kappa shape index (κ3) is 3.68. The van der Waals surface area contributed by atoms with Gasteiger partial charge in [-0.25, -0.2) is 14.3 Å². The minimum atomic E-state index is -4.53. The van der Waals surface area contributed by atoms with Crippen molar-refractivity contribution in [3.63, 3.8) is 0 Å². The number of aryl methyl sites for hydroxylation is 1. The maximum absolute atomic E-state index is 13.3. The Bertz CT molecular complexity index is 999. The van der Waals surface area contributed by atoms with E-state index in [1.807, 2.05) is 13.8 Å². The Balaban J connectivity index is 1.65. The molecular formula is C19H22F3N5O3. The number of hydrogen-bond acceptors (Lipinski definition) is 5. The van der Waals surface area contributed by atoms with Crippen LogP contribution >= 0.6 is 0 Å². The minimum absolute atomic E-state index is 0.0807. The number of cyclic esters (lactones) is 1. The number of anilines is 1. The number of carbonyl (C=O) groups is 2. The lowest BCUT2D eigenvalue weighted by atomic mass is 10.1. The van der Waals surface area contributed by atoms with Crippen LogP contribution in [0, 0.1) is 18.8 Å². The molecule has 2 fully saturated rings. The Hall–Kier alpha value is -2.85. The SMILES string of the molecule is Cc1cc(N2CC(C(C)C)OC2=O)nc2c(C(=O)N[C@H](C3CC3)C(F)(F)F)cnn12. The van der Waals surface area contributed by atoms with Gasteiger partial charge in [-0.05, 0) is 31.6 Å². The first kappa shape index (κ1) is 20.4. The number of aromatic nitrogens is 3. The topological polar surface area (TPSA) is 88.8 Å². The minimum Gasteiger partial charge on any atom is -0.444 e. The van der Waals surface area contributed by atoms with Gasteiger partial charge in [0, 0.05) is 11.8 Å². The predicted molar refractivity (Wildman–Crippen MR) is 100 cm³/mol. The van der Waals surface area contributed by atoms with Crippen molar-refractivity contribution in [3.8, 4) is 0 Å². The standard InChI is InChI=1S/C19H22F3N5O3/c1-9(2)13-8-26(18(29)30-13)14-6-10(3)27-16(24-14)12(7-23-27)17(28)25-15(11-4-5-11)19(20,21)22/h6-7,9,11,13,15H,4-5,8H2,1-3H3,(H,25,28)/t13?,15-/m1/s1. The van der Waals surface area contributed by atoms with Crippen molar-refractivity contribution in [3.05, 3.63) is 23.5 Å². The second-order valence-corrected chi connectivity index (χ2v) is 8.16. The first-order valence-electron chi connectivity index (χ1n) is 9.77. The average molecular weight is 425 g/mol. The summed E-state index contributed by atoms with van der Waals surface area (Å²) < 4.78 is 46.6. The third-order valence-corrected chi connectivity index (χ3v) is 5.47. The normalized spacial score (nSPS) is 20.7. The summed E-state index contributed by atoms with van der Waals surface area (Å²) in [5, 5.41) is 6.17. The number of amides is 2. The zero-order chi connectivity index (χ0) is 21.8. The van der Waals surface area contributed by atoms with E-state index in [9.17, 15) is 22.8 Å². The molecular weight excluding hydrogens is 403 g/mol. The summed E-state index contributed by atoms with van der Waals surface area (Å²) in [7, 11) is 0. The van der Waals surface area contributed by atoms with Crippen LogP contribution in [0.1, 0.15) is 42.7 Å². The molecule has 1 aliphatic heterocycles. The molecule has 0 aromatic carbocycles. The molecule has 2 aromatic rings. The van der Waals surface area contributed by atoms with E-state index < -0.39 is 30.1 Å². The van der Waals surface area contributed by atoms with E-state index >= 15 is 0 Å². The van der Waals surface area contributed by atoms with E-state index in [2.05, 4.69) is 15.4 Å². The van der Waals surface area contributed by atoms with Crippen LogP contribution in [-0.2, 0) is 4.74 Å². The molecule has 4 rings (SSSR count). The van der Waals surface area contributed by atoms with Crippen molar-refractivity contribution in [2.75, 3.05) is 11.4 Å². The van der Waals surface area contributed by atoms with Gasteiger partial charge in [0.05, 0.1) is 12.7 Å². The quantitative estimate of drug-likeness (QED) is 0.795. The number of hydrogen-bond donors (Lipinski definition) is 1. The molecule has 0 radical (unpaired) electrons. The maximum Gasteiger partial charge on any atom is 0.415 e. The molecule has 11 heteroatoms. The van der Waals surface area contributed by atoms with Crippen molar-refractivity contribution in [1.82, 2.24) is 19.9 Å². The van der Waals surface area contributed by atoms with E-state index in [0.717, 1.165) is 0 Å². The molecule has 1 saturated heterocycles. The Morgan fingerprint density at radius 3 is 2.60 bits per heavy atom. The molecule has 30 heavy (non-hydrogen) atoms. The first-order chi connectivity index (χ1) is 14.1. The first-order valence-corrected chi connectivity index (χ1v) is 9.77. The number of nitrogens with zero attached hydrogens (tertiary/aromatic N) is 4. The fourth-order valence-corrected chi connectivity index (χ4v) is 3.53. The van der Waals surface area contributed by atoms with Crippen LogP contribution in [0.15, 0.2) is 12.3 Å². The average Bonchev–Trinajstić information content (AvgIpc) is 3.26. The van der Waals surface area contributed by atoms with Gasteiger partial charge >= 0.3 is 12.3 Å². The van der Waals surface area contributed by atoms with Crippen LogP contribution in [0.5, 0.6) is 0 Å². The van der Waals surface area contributed by atoms with Crippen molar-refractivity contribution >= 4 is 23.5 Å². The van der Waals surface area contributed by atoms with Crippen LogP contribution in [0.3, 0.4) is 0 Å². The lowest BCUT2D eigenvalue weighted by Crippen LogP contribution is -2.46. The smallest absolute Gasteiger partial charge is 0.415 e. The Kier molecular flexibility index (Phi) is 4.86. The fourth-order valence-electron chi connectivity index (χ4n) is 3.53. The summed E-state index contributed by atoms with van der Waals surface area (Å²) in [5.41, 5.74) is 0.576. The molecule has 1 unspecified atom stereocenters. The maximum atomic E-state index is 13.3. The molecule has 8 nitrogen and oxygen atoms in total. The van der Waals surface area contributed by atoms with Gasteiger partial charge in [0.1, 0.15) is 23.5 Å². The number of alkyl halides is 3. The van der Waals surface area contributed by atoms with Crippen LogP contribution in [0.25, 0.3) is 5.65 Å². The molecule has 2 aliphatic rings. The molecule has 1 aliphatic carbocycles.